The third kappa shape index (κ3) is 2.75. The van der Waals surface area contributed by atoms with Crippen LogP contribution in [0.15, 0.2) is 18.3 Å². The standard InChI is InChI=1S/C14H22N2O2/c1-3-15-9-4-6-12(15)13(17)16-10-5-7-14(2,18)8-11-16/h4,6,9,18H,3,5,7-8,10-11H2,1-2H3. The molecule has 0 aliphatic carbocycles. The summed E-state index contributed by atoms with van der Waals surface area (Å²) in [6.45, 7) is 6.07. The summed E-state index contributed by atoms with van der Waals surface area (Å²) < 4.78 is 1.96. The fourth-order valence-corrected chi connectivity index (χ4v) is 2.51. The quantitative estimate of drug-likeness (QED) is 0.871. The van der Waals surface area contributed by atoms with Gasteiger partial charge in [0.15, 0.2) is 0 Å². The fraction of sp³-hybridized carbons (Fsp3) is 0.643. The van der Waals surface area contributed by atoms with Crippen molar-refractivity contribution in [3.05, 3.63) is 24.0 Å². The lowest BCUT2D eigenvalue weighted by Gasteiger charge is -2.23. The maximum atomic E-state index is 12.4. The Labute approximate surface area is 108 Å². The fourth-order valence-electron chi connectivity index (χ4n) is 2.51. The van der Waals surface area contributed by atoms with Gasteiger partial charge in [-0.05, 0) is 45.2 Å². The molecule has 2 heterocycles. The van der Waals surface area contributed by atoms with Crippen LogP contribution in [-0.4, -0.2) is 39.2 Å². The number of hydrogen-bond donors (Lipinski definition) is 1. The normalized spacial score (nSPS) is 24.9. The first-order valence-electron chi connectivity index (χ1n) is 6.70. The molecule has 0 radical (unpaired) electrons. The molecular formula is C14H22N2O2. The summed E-state index contributed by atoms with van der Waals surface area (Å²) in [4.78, 5) is 14.3. The summed E-state index contributed by atoms with van der Waals surface area (Å²) in [5, 5.41) is 10.0. The summed E-state index contributed by atoms with van der Waals surface area (Å²) in [6.07, 6.45) is 4.23. The first-order chi connectivity index (χ1) is 8.53. The zero-order valence-corrected chi connectivity index (χ0v) is 11.2. The van der Waals surface area contributed by atoms with E-state index in [1.807, 2.05) is 41.6 Å². The van der Waals surface area contributed by atoms with Crippen molar-refractivity contribution in [3.63, 3.8) is 0 Å². The Bertz CT molecular complexity index is 423. The van der Waals surface area contributed by atoms with Crippen molar-refractivity contribution in [2.24, 2.45) is 0 Å². The number of likely N-dealkylation sites (tertiary alicyclic amines) is 1. The molecule has 18 heavy (non-hydrogen) atoms. The van der Waals surface area contributed by atoms with Crippen LogP contribution in [0, 0.1) is 0 Å². The summed E-state index contributed by atoms with van der Waals surface area (Å²) in [5.41, 5.74) is 0.126. The van der Waals surface area contributed by atoms with Crippen molar-refractivity contribution < 1.29 is 9.90 Å². The van der Waals surface area contributed by atoms with Gasteiger partial charge in [0, 0.05) is 25.8 Å². The van der Waals surface area contributed by atoms with Gasteiger partial charge in [0.05, 0.1) is 5.60 Å². The Balaban J connectivity index is 2.10. The van der Waals surface area contributed by atoms with Crippen LogP contribution in [0.5, 0.6) is 0 Å². The van der Waals surface area contributed by atoms with E-state index in [9.17, 15) is 9.90 Å². The van der Waals surface area contributed by atoms with Crippen LogP contribution in [-0.2, 0) is 6.54 Å². The highest BCUT2D eigenvalue weighted by Crippen LogP contribution is 2.22. The number of nitrogens with zero attached hydrogens (tertiary/aromatic N) is 2. The van der Waals surface area contributed by atoms with E-state index in [1.54, 1.807) is 0 Å². The van der Waals surface area contributed by atoms with E-state index >= 15 is 0 Å². The highest BCUT2D eigenvalue weighted by atomic mass is 16.3. The summed E-state index contributed by atoms with van der Waals surface area (Å²) in [6, 6.07) is 3.78. The van der Waals surface area contributed by atoms with Gasteiger partial charge in [-0.15, -0.1) is 0 Å². The van der Waals surface area contributed by atoms with E-state index in [0.29, 0.717) is 13.0 Å². The van der Waals surface area contributed by atoms with Crippen LogP contribution < -0.4 is 0 Å². The molecule has 0 bridgehead atoms. The summed E-state index contributed by atoms with van der Waals surface area (Å²) in [7, 11) is 0. The molecule has 0 saturated carbocycles. The number of aliphatic hydroxyl groups is 1. The number of aromatic nitrogens is 1. The lowest BCUT2D eigenvalue weighted by Crippen LogP contribution is -2.34. The van der Waals surface area contributed by atoms with Crippen molar-refractivity contribution in [2.75, 3.05) is 13.1 Å². The molecule has 1 aromatic heterocycles. The highest BCUT2D eigenvalue weighted by molar-refractivity contribution is 5.92. The molecule has 2 rings (SSSR count). The zero-order valence-electron chi connectivity index (χ0n) is 11.2. The third-order valence-electron chi connectivity index (χ3n) is 3.74. The summed E-state index contributed by atoms with van der Waals surface area (Å²) in [5.74, 6) is 0.0829. The smallest absolute Gasteiger partial charge is 0.270 e. The van der Waals surface area contributed by atoms with Gasteiger partial charge < -0.3 is 14.6 Å². The van der Waals surface area contributed by atoms with E-state index in [1.165, 1.54) is 0 Å². The predicted octanol–water partition coefficient (Wildman–Crippen LogP) is 1.89. The lowest BCUT2D eigenvalue weighted by atomic mass is 9.98. The second-order valence-corrected chi connectivity index (χ2v) is 5.32. The van der Waals surface area contributed by atoms with Gasteiger partial charge >= 0.3 is 0 Å². The first-order valence-corrected chi connectivity index (χ1v) is 6.70. The van der Waals surface area contributed by atoms with Gasteiger partial charge in [-0.3, -0.25) is 4.79 Å². The predicted molar refractivity (Wildman–Crippen MR) is 70.5 cm³/mol. The van der Waals surface area contributed by atoms with E-state index in [-0.39, 0.29) is 5.91 Å². The molecule has 4 heteroatoms. The topological polar surface area (TPSA) is 45.5 Å². The molecule has 1 amide bonds. The molecular weight excluding hydrogens is 228 g/mol. The molecule has 1 saturated heterocycles. The van der Waals surface area contributed by atoms with Crippen molar-refractivity contribution in [1.82, 2.24) is 9.47 Å². The second kappa shape index (κ2) is 5.14. The Morgan fingerprint density at radius 3 is 2.94 bits per heavy atom. The molecule has 0 aromatic carbocycles. The molecule has 1 N–H and O–H groups in total. The number of hydrogen-bond acceptors (Lipinski definition) is 2. The third-order valence-corrected chi connectivity index (χ3v) is 3.74. The van der Waals surface area contributed by atoms with Gasteiger partial charge in [-0.25, -0.2) is 0 Å². The zero-order chi connectivity index (χ0) is 13.2. The monoisotopic (exact) mass is 250 g/mol. The van der Waals surface area contributed by atoms with Crippen LogP contribution in [0.2, 0.25) is 0 Å². The molecule has 1 aromatic rings. The molecule has 1 aliphatic rings. The molecule has 100 valence electrons. The minimum absolute atomic E-state index is 0.0829. The minimum Gasteiger partial charge on any atom is -0.390 e. The van der Waals surface area contributed by atoms with Gasteiger partial charge in [-0.2, -0.15) is 0 Å². The molecule has 1 fully saturated rings. The van der Waals surface area contributed by atoms with Crippen molar-refractivity contribution in [2.45, 2.75) is 45.3 Å². The SMILES string of the molecule is CCn1cccc1C(=O)N1CCCC(C)(O)CC1. The minimum atomic E-state index is -0.623. The van der Waals surface area contributed by atoms with Crippen LogP contribution in [0.25, 0.3) is 0 Å². The maximum Gasteiger partial charge on any atom is 0.270 e. The van der Waals surface area contributed by atoms with Gasteiger partial charge in [-0.1, -0.05) is 0 Å². The average molecular weight is 250 g/mol. The number of rotatable bonds is 2. The molecule has 1 unspecified atom stereocenters. The molecule has 0 spiro atoms. The van der Waals surface area contributed by atoms with Crippen LogP contribution in [0.3, 0.4) is 0 Å². The Morgan fingerprint density at radius 1 is 1.44 bits per heavy atom. The number of aryl methyl sites for hydroxylation is 1. The second-order valence-electron chi connectivity index (χ2n) is 5.32. The largest absolute Gasteiger partial charge is 0.390 e. The number of carbonyl (C=O) groups is 1. The van der Waals surface area contributed by atoms with Gasteiger partial charge in [0.2, 0.25) is 0 Å². The van der Waals surface area contributed by atoms with Crippen molar-refractivity contribution in [3.8, 4) is 0 Å². The Hall–Kier alpha value is -1.29. The van der Waals surface area contributed by atoms with Crippen LogP contribution in [0.1, 0.15) is 43.6 Å². The first kappa shape index (κ1) is 13.1. The van der Waals surface area contributed by atoms with Crippen molar-refractivity contribution >= 4 is 5.91 Å². The Morgan fingerprint density at radius 2 is 2.22 bits per heavy atom. The van der Waals surface area contributed by atoms with Crippen molar-refractivity contribution in [1.29, 1.82) is 0 Å². The average Bonchev–Trinajstić information content (AvgIpc) is 2.73. The molecule has 1 atom stereocenters. The number of amides is 1. The van der Waals surface area contributed by atoms with Crippen LogP contribution in [0.4, 0.5) is 0 Å². The van der Waals surface area contributed by atoms with Gasteiger partial charge in [0.1, 0.15) is 5.69 Å². The Kier molecular flexibility index (Phi) is 3.76. The van der Waals surface area contributed by atoms with E-state index in [4.69, 9.17) is 0 Å². The summed E-state index contributed by atoms with van der Waals surface area (Å²) >= 11 is 0. The van der Waals surface area contributed by atoms with Gasteiger partial charge in [0.25, 0.3) is 5.91 Å². The van der Waals surface area contributed by atoms with E-state index in [2.05, 4.69) is 0 Å². The highest BCUT2D eigenvalue weighted by Gasteiger charge is 2.28. The molecule has 4 nitrogen and oxygen atoms in total. The van der Waals surface area contributed by atoms with E-state index < -0.39 is 5.60 Å². The molecule has 1 aliphatic heterocycles. The van der Waals surface area contributed by atoms with Crippen LogP contribution >= 0.6 is 0 Å². The van der Waals surface area contributed by atoms with E-state index in [0.717, 1.165) is 31.6 Å². The number of carbonyl (C=O) groups excluding carboxylic acids is 1. The maximum absolute atomic E-state index is 12.4. The lowest BCUT2D eigenvalue weighted by molar-refractivity contribution is 0.0437.